The molecule has 4 nitrogen and oxygen atoms in total. The number of nitrogens with one attached hydrogen (secondary N) is 1. The van der Waals surface area contributed by atoms with Gasteiger partial charge in [0.1, 0.15) is 5.54 Å². The molecule has 3 amide bonds. The number of carbonyl (C=O) groups is 2. The standard InChI is InChI=1S/C14H24N2O2S/c17-12-14(8-4-3-5-9-14)15-13(18)16(12)10-6-1-2-7-11-19/h19H,1-11H2,(H,15,18). The highest BCUT2D eigenvalue weighted by Crippen LogP contribution is 2.33. The molecule has 2 rings (SSSR count). The van der Waals surface area contributed by atoms with E-state index in [0.717, 1.165) is 57.1 Å². The zero-order valence-electron chi connectivity index (χ0n) is 11.5. The molecule has 0 radical (unpaired) electrons. The van der Waals surface area contributed by atoms with Crippen molar-refractivity contribution >= 4 is 24.6 Å². The predicted molar refractivity (Wildman–Crippen MR) is 78.4 cm³/mol. The van der Waals surface area contributed by atoms with Crippen molar-refractivity contribution in [2.45, 2.75) is 63.3 Å². The van der Waals surface area contributed by atoms with E-state index in [1.807, 2.05) is 0 Å². The minimum atomic E-state index is -0.555. The number of urea groups is 1. The predicted octanol–water partition coefficient (Wildman–Crippen LogP) is 2.73. The lowest BCUT2D eigenvalue weighted by atomic mass is 9.82. The Bertz CT molecular complexity index is 340. The molecule has 0 atom stereocenters. The second-order valence-electron chi connectivity index (χ2n) is 5.67. The zero-order chi connectivity index (χ0) is 13.7. The van der Waals surface area contributed by atoms with Gasteiger partial charge in [0.15, 0.2) is 0 Å². The van der Waals surface area contributed by atoms with Crippen molar-refractivity contribution in [1.29, 1.82) is 0 Å². The summed E-state index contributed by atoms with van der Waals surface area (Å²) >= 11 is 4.18. The Hall–Kier alpha value is -0.710. The molecule has 0 bridgehead atoms. The monoisotopic (exact) mass is 284 g/mol. The Labute approximate surface area is 120 Å². The molecule has 1 N–H and O–H groups in total. The summed E-state index contributed by atoms with van der Waals surface area (Å²) in [4.78, 5) is 25.8. The Morgan fingerprint density at radius 3 is 2.42 bits per heavy atom. The zero-order valence-corrected chi connectivity index (χ0v) is 12.4. The molecule has 1 aliphatic carbocycles. The molecule has 0 aromatic heterocycles. The lowest BCUT2D eigenvalue weighted by Gasteiger charge is -2.30. The summed E-state index contributed by atoms with van der Waals surface area (Å²) in [6.45, 7) is 0.568. The van der Waals surface area contributed by atoms with Crippen LogP contribution >= 0.6 is 12.6 Å². The lowest BCUT2D eigenvalue weighted by molar-refractivity contribution is -0.132. The molecular formula is C14H24N2O2S. The molecule has 1 heterocycles. The topological polar surface area (TPSA) is 49.4 Å². The van der Waals surface area contributed by atoms with Crippen LogP contribution in [0.1, 0.15) is 57.8 Å². The molecule has 1 aliphatic heterocycles. The maximum Gasteiger partial charge on any atom is 0.325 e. The highest BCUT2D eigenvalue weighted by molar-refractivity contribution is 7.80. The van der Waals surface area contributed by atoms with E-state index in [9.17, 15) is 9.59 Å². The molecule has 0 unspecified atom stereocenters. The first kappa shape index (κ1) is 14.7. The average molecular weight is 284 g/mol. The lowest BCUT2D eigenvalue weighted by Crippen LogP contribution is -2.48. The summed E-state index contributed by atoms with van der Waals surface area (Å²) < 4.78 is 0. The van der Waals surface area contributed by atoms with Gasteiger partial charge in [-0.05, 0) is 31.4 Å². The molecule has 2 fully saturated rings. The molecule has 1 saturated heterocycles. The molecule has 0 aromatic carbocycles. The van der Waals surface area contributed by atoms with E-state index in [1.54, 1.807) is 0 Å². The number of hydrogen-bond acceptors (Lipinski definition) is 3. The van der Waals surface area contributed by atoms with Crippen molar-refractivity contribution in [2.75, 3.05) is 12.3 Å². The van der Waals surface area contributed by atoms with Gasteiger partial charge >= 0.3 is 6.03 Å². The fraction of sp³-hybridized carbons (Fsp3) is 0.857. The van der Waals surface area contributed by atoms with E-state index >= 15 is 0 Å². The maximum atomic E-state index is 12.4. The van der Waals surface area contributed by atoms with Crippen LogP contribution in [-0.2, 0) is 4.79 Å². The summed E-state index contributed by atoms with van der Waals surface area (Å²) in [5.74, 6) is 0.929. The first-order valence-corrected chi connectivity index (χ1v) is 8.08. The molecule has 2 aliphatic rings. The van der Waals surface area contributed by atoms with Gasteiger partial charge in [-0.3, -0.25) is 9.69 Å². The van der Waals surface area contributed by atoms with Gasteiger partial charge in [-0.1, -0.05) is 32.1 Å². The van der Waals surface area contributed by atoms with Crippen molar-refractivity contribution in [1.82, 2.24) is 10.2 Å². The van der Waals surface area contributed by atoms with Crippen molar-refractivity contribution in [3.63, 3.8) is 0 Å². The van der Waals surface area contributed by atoms with Gasteiger partial charge in [-0.25, -0.2) is 4.79 Å². The van der Waals surface area contributed by atoms with Crippen LogP contribution < -0.4 is 5.32 Å². The van der Waals surface area contributed by atoms with Crippen molar-refractivity contribution in [2.24, 2.45) is 0 Å². The molecule has 19 heavy (non-hydrogen) atoms. The number of nitrogens with zero attached hydrogens (tertiary/aromatic N) is 1. The first-order chi connectivity index (χ1) is 9.19. The normalized spacial score (nSPS) is 22.1. The number of unbranched alkanes of at least 4 members (excludes halogenated alkanes) is 3. The fourth-order valence-corrected chi connectivity index (χ4v) is 3.33. The highest BCUT2D eigenvalue weighted by atomic mass is 32.1. The van der Waals surface area contributed by atoms with Gasteiger partial charge in [0.05, 0.1) is 0 Å². The second-order valence-corrected chi connectivity index (χ2v) is 6.11. The van der Waals surface area contributed by atoms with Gasteiger partial charge in [0.25, 0.3) is 5.91 Å². The maximum absolute atomic E-state index is 12.4. The van der Waals surface area contributed by atoms with E-state index in [1.165, 1.54) is 11.3 Å². The van der Waals surface area contributed by atoms with Crippen LogP contribution in [0, 0.1) is 0 Å². The number of rotatable bonds is 6. The Balaban J connectivity index is 1.84. The van der Waals surface area contributed by atoms with E-state index in [4.69, 9.17) is 0 Å². The van der Waals surface area contributed by atoms with Crippen molar-refractivity contribution < 1.29 is 9.59 Å². The Morgan fingerprint density at radius 2 is 1.74 bits per heavy atom. The summed E-state index contributed by atoms with van der Waals surface area (Å²) in [6.07, 6.45) is 9.08. The third kappa shape index (κ3) is 3.25. The van der Waals surface area contributed by atoms with Crippen LogP contribution in [0.3, 0.4) is 0 Å². The Morgan fingerprint density at radius 1 is 1.05 bits per heavy atom. The molecule has 5 heteroatoms. The SMILES string of the molecule is O=C1NC2(CCCCC2)C(=O)N1CCCCCCS. The summed E-state index contributed by atoms with van der Waals surface area (Å²) in [6, 6.07) is -0.180. The summed E-state index contributed by atoms with van der Waals surface area (Å²) in [5.41, 5.74) is -0.555. The smallest absolute Gasteiger partial charge is 0.323 e. The number of thiol groups is 1. The minimum Gasteiger partial charge on any atom is -0.323 e. The molecular weight excluding hydrogens is 260 g/mol. The molecule has 1 saturated carbocycles. The molecule has 108 valence electrons. The van der Waals surface area contributed by atoms with E-state index in [-0.39, 0.29) is 11.9 Å². The fourth-order valence-electron chi connectivity index (χ4n) is 3.11. The van der Waals surface area contributed by atoms with Gasteiger partial charge in [0.2, 0.25) is 0 Å². The quantitative estimate of drug-likeness (QED) is 0.447. The minimum absolute atomic E-state index is 0.0198. The number of carbonyl (C=O) groups excluding carboxylic acids is 2. The average Bonchev–Trinajstić information content (AvgIpc) is 2.63. The third-order valence-corrected chi connectivity index (χ3v) is 4.56. The summed E-state index contributed by atoms with van der Waals surface area (Å²) in [5, 5.41) is 2.95. The van der Waals surface area contributed by atoms with Crippen LogP contribution in [0.2, 0.25) is 0 Å². The highest BCUT2D eigenvalue weighted by Gasteiger charge is 2.50. The van der Waals surface area contributed by atoms with Crippen LogP contribution in [0.15, 0.2) is 0 Å². The van der Waals surface area contributed by atoms with E-state index < -0.39 is 5.54 Å². The van der Waals surface area contributed by atoms with Crippen LogP contribution in [-0.4, -0.2) is 34.7 Å². The van der Waals surface area contributed by atoms with Gasteiger partial charge in [0, 0.05) is 6.54 Å². The van der Waals surface area contributed by atoms with Crippen LogP contribution in [0.25, 0.3) is 0 Å². The number of hydrogen-bond donors (Lipinski definition) is 2. The van der Waals surface area contributed by atoms with Gasteiger partial charge in [-0.15, -0.1) is 0 Å². The first-order valence-electron chi connectivity index (χ1n) is 7.45. The second kappa shape index (κ2) is 6.64. The van der Waals surface area contributed by atoms with E-state index in [2.05, 4.69) is 17.9 Å². The molecule has 1 spiro atoms. The van der Waals surface area contributed by atoms with Crippen LogP contribution in [0.4, 0.5) is 4.79 Å². The van der Waals surface area contributed by atoms with Crippen molar-refractivity contribution in [3.8, 4) is 0 Å². The van der Waals surface area contributed by atoms with E-state index in [0.29, 0.717) is 6.54 Å². The summed E-state index contributed by atoms with van der Waals surface area (Å²) in [7, 11) is 0. The number of imide groups is 1. The largest absolute Gasteiger partial charge is 0.325 e. The third-order valence-electron chi connectivity index (χ3n) is 4.24. The van der Waals surface area contributed by atoms with Crippen molar-refractivity contribution in [3.05, 3.63) is 0 Å². The van der Waals surface area contributed by atoms with Gasteiger partial charge in [-0.2, -0.15) is 12.6 Å². The van der Waals surface area contributed by atoms with Gasteiger partial charge < -0.3 is 5.32 Å². The molecule has 0 aromatic rings. The van der Waals surface area contributed by atoms with Crippen LogP contribution in [0.5, 0.6) is 0 Å². The number of amides is 3. The Kier molecular flexibility index (Phi) is 5.13.